The first kappa shape index (κ1) is 27.3. The molecule has 0 saturated carbocycles. The molecule has 0 fully saturated rings. The molecule has 0 N–H and O–H groups in total. The minimum Gasteiger partial charge on any atom is -0.479 e. The van der Waals surface area contributed by atoms with Crippen molar-refractivity contribution >= 4 is 33.4 Å². The number of methoxy groups -OCH3 is 2. The Morgan fingerprint density at radius 2 is 1.76 bits per heavy atom. The molecule has 2 aromatic heterocycles. The first-order valence-electron chi connectivity index (χ1n) is 12.0. The first-order valence-corrected chi connectivity index (χ1v) is 14.4. The van der Waals surface area contributed by atoms with E-state index in [1.165, 1.54) is 25.6 Å². The highest BCUT2D eigenvalue weighted by Gasteiger charge is 2.27. The minimum absolute atomic E-state index is 0.160. The van der Waals surface area contributed by atoms with E-state index in [0.29, 0.717) is 23.6 Å². The molecule has 0 aliphatic rings. The predicted octanol–water partition coefficient (Wildman–Crippen LogP) is 5.05. The SMILES string of the molecule is CCCc1cc(-c2ccc(Cn3c(-c4ccccc4)nc(OC)c3C=O)cc2)c(S(=O)(=O)CC(=O)OC)s1. The maximum absolute atomic E-state index is 13.0. The highest BCUT2D eigenvalue weighted by molar-refractivity contribution is 7.94. The molecule has 2 aromatic carbocycles. The zero-order valence-corrected chi connectivity index (χ0v) is 23.0. The molecule has 0 unspecified atom stereocenters. The molecule has 0 radical (unpaired) electrons. The number of imidazole rings is 1. The van der Waals surface area contributed by atoms with Crippen LogP contribution in [0.5, 0.6) is 5.88 Å². The van der Waals surface area contributed by atoms with Crippen molar-refractivity contribution in [3.05, 3.63) is 76.8 Å². The Bertz CT molecular complexity index is 1540. The van der Waals surface area contributed by atoms with E-state index in [2.05, 4.69) is 9.72 Å². The third-order valence-electron chi connectivity index (χ3n) is 5.98. The summed E-state index contributed by atoms with van der Waals surface area (Å²) in [6.07, 6.45) is 2.33. The topological polar surface area (TPSA) is 105 Å². The monoisotopic (exact) mass is 552 g/mol. The lowest BCUT2D eigenvalue weighted by Gasteiger charge is -2.11. The molecule has 0 aliphatic heterocycles. The number of aryl methyl sites for hydroxylation is 1. The fourth-order valence-corrected chi connectivity index (χ4v) is 7.24. The Morgan fingerprint density at radius 3 is 2.37 bits per heavy atom. The average Bonchev–Trinajstić information content (AvgIpc) is 3.51. The highest BCUT2D eigenvalue weighted by Crippen LogP contribution is 2.37. The smallest absolute Gasteiger partial charge is 0.321 e. The van der Waals surface area contributed by atoms with Crippen molar-refractivity contribution in [2.45, 2.75) is 30.5 Å². The standard InChI is InChI=1S/C28H28N2O6S2/c1-4-8-22-15-23(28(37-22)38(33,34)18-25(32)35-2)20-13-11-19(12-14-20)16-30-24(17-31)27(36-3)29-26(30)21-9-6-5-7-10-21/h5-7,9-15,17H,4,8,16,18H2,1-3H3. The number of aromatic nitrogens is 2. The van der Waals surface area contributed by atoms with Gasteiger partial charge in [0, 0.05) is 22.5 Å². The van der Waals surface area contributed by atoms with Crippen LogP contribution in [0.3, 0.4) is 0 Å². The molecular formula is C28H28N2O6S2. The summed E-state index contributed by atoms with van der Waals surface area (Å²) in [7, 11) is -1.23. The highest BCUT2D eigenvalue weighted by atomic mass is 32.2. The molecule has 4 rings (SSSR count). The lowest BCUT2D eigenvalue weighted by atomic mass is 10.1. The molecule has 38 heavy (non-hydrogen) atoms. The Hall–Kier alpha value is -3.76. The summed E-state index contributed by atoms with van der Waals surface area (Å²) < 4.78 is 38.0. The fourth-order valence-electron chi connectivity index (χ4n) is 4.15. The van der Waals surface area contributed by atoms with Crippen LogP contribution in [0.4, 0.5) is 0 Å². The number of hydrogen-bond acceptors (Lipinski definition) is 8. The molecule has 0 atom stereocenters. The lowest BCUT2D eigenvalue weighted by molar-refractivity contribution is -0.137. The van der Waals surface area contributed by atoms with Crippen LogP contribution < -0.4 is 4.74 Å². The van der Waals surface area contributed by atoms with Gasteiger partial charge >= 0.3 is 5.97 Å². The molecule has 198 valence electrons. The summed E-state index contributed by atoms with van der Waals surface area (Å²) in [5.74, 6) is -0.655. The quantitative estimate of drug-likeness (QED) is 0.189. The maximum Gasteiger partial charge on any atom is 0.321 e. The van der Waals surface area contributed by atoms with E-state index in [1.54, 1.807) is 4.57 Å². The van der Waals surface area contributed by atoms with Crippen molar-refractivity contribution in [3.8, 4) is 28.4 Å². The molecule has 2 heterocycles. The van der Waals surface area contributed by atoms with Gasteiger partial charge in [-0.2, -0.15) is 4.98 Å². The van der Waals surface area contributed by atoms with Gasteiger partial charge in [-0.25, -0.2) is 8.42 Å². The van der Waals surface area contributed by atoms with Gasteiger partial charge in [0.25, 0.3) is 0 Å². The second kappa shape index (κ2) is 11.7. The normalized spacial score (nSPS) is 11.3. The number of thiophene rings is 1. The van der Waals surface area contributed by atoms with Gasteiger partial charge < -0.3 is 14.0 Å². The Labute approximate surface area is 225 Å². The van der Waals surface area contributed by atoms with E-state index < -0.39 is 21.6 Å². The second-order valence-corrected chi connectivity index (χ2v) is 11.9. The third-order valence-corrected chi connectivity index (χ3v) is 9.38. The van der Waals surface area contributed by atoms with Crippen LogP contribution in [0.2, 0.25) is 0 Å². The minimum atomic E-state index is -3.87. The van der Waals surface area contributed by atoms with Gasteiger partial charge in [-0.15, -0.1) is 11.3 Å². The van der Waals surface area contributed by atoms with Crippen molar-refractivity contribution < 1.29 is 27.5 Å². The van der Waals surface area contributed by atoms with Crippen LogP contribution in [0.15, 0.2) is 64.9 Å². The summed E-state index contributed by atoms with van der Waals surface area (Å²) >= 11 is 1.19. The van der Waals surface area contributed by atoms with E-state index in [9.17, 15) is 18.0 Å². The number of benzene rings is 2. The van der Waals surface area contributed by atoms with Crippen LogP contribution in [0.25, 0.3) is 22.5 Å². The molecule has 0 amide bonds. The van der Waals surface area contributed by atoms with Crippen molar-refractivity contribution in [1.29, 1.82) is 0 Å². The number of carbonyl (C=O) groups excluding carboxylic acids is 2. The van der Waals surface area contributed by atoms with Crippen LogP contribution in [-0.4, -0.2) is 50.2 Å². The Morgan fingerprint density at radius 1 is 1.05 bits per heavy atom. The van der Waals surface area contributed by atoms with E-state index >= 15 is 0 Å². The van der Waals surface area contributed by atoms with Crippen molar-refractivity contribution in [2.75, 3.05) is 20.0 Å². The number of aldehydes is 1. The van der Waals surface area contributed by atoms with Crippen LogP contribution in [0, 0.1) is 0 Å². The third kappa shape index (κ3) is 5.71. The van der Waals surface area contributed by atoms with Crippen molar-refractivity contribution in [2.24, 2.45) is 0 Å². The number of sulfone groups is 1. The van der Waals surface area contributed by atoms with E-state index in [0.717, 1.165) is 40.7 Å². The molecular weight excluding hydrogens is 524 g/mol. The Balaban J connectivity index is 1.71. The van der Waals surface area contributed by atoms with E-state index in [-0.39, 0.29) is 10.1 Å². The average molecular weight is 553 g/mol. The predicted molar refractivity (Wildman–Crippen MR) is 147 cm³/mol. The lowest BCUT2D eigenvalue weighted by Crippen LogP contribution is -2.17. The second-order valence-electron chi connectivity index (χ2n) is 8.60. The van der Waals surface area contributed by atoms with Gasteiger partial charge in [-0.1, -0.05) is 67.9 Å². The Kier molecular flexibility index (Phi) is 8.43. The molecule has 0 bridgehead atoms. The van der Waals surface area contributed by atoms with Crippen molar-refractivity contribution in [1.82, 2.24) is 9.55 Å². The van der Waals surface area contributed by atoms with Gasteiger partial charge in [0.05, 0.1) is 14.2 Å². The number of ether oxygens (including phenoxy) is 2. The molecule has 8 nitrogen and oxygen atoms in total. The van der Waals surface area contributed by atoms with Gasteiger partial charge in [0.15, 0.2) is 21.9 Å². The van der Waals surface area contributed by atoms with Crippen LogP contribution in [0.1, 0.15) is 34.3 Å². The van der Waals surface area contributed by atoms with Crippen LogP contribution in [-0.2, 0) is 32.3 Å². The number of nitrogens with zero attached hydrogens (tertiary/aromatic N) is 2. The zero-order chi connectivity index (χ0) is 27.3. The van der Waals surface area contributed by atoms with Gasteiger partial charge in [-0.3, -0.25) is 9.59 Å². The number of rotatable bonds is 11. The maximum atomic E-state index is 13.0. The molecule has 0 aliphatic carbocycles. The van der Waals surface area contributed by atoms with Gasteiger partial charge in [0.1, 0.15) is 15.7 Å². The number of carbonyl (C=O) groups is 2. The number of esters is 1. The molecule has 10 heteroatoms. The van der Waals surface area contributed by atoms with Gasteiger partial charge in [0.2, 0.25) is 5.88 Å². The summed E-state index contributed by atoms with van der Waals surface area (Å²) in [5.41, 5.74) is 3.35. The van der Waals surface area contributed by atoms with Crippen molar-refractivity contribution in [3.63, 3.8) is 0 Å². The summed E-state index contributed by atoms with van der Waals surface area (Å²) in [6.45, 7) is 2.38. The first-order chi connectivity index (χ1) is 18.3. The zero-order valence-electron chi connectivity index (χ0n) is 21.3. The summed E-state index contributed by atoms with van der Waals surface area (Å²) in [6, 6.07) is 18.9. The molecule has 4 aromatic rings. The van der Waals surface area contributed by atoms with Gasteiger partial charge in [-0.05, 0) is 23.6 Å². The largest absolute Gasteiger partial charge is 0.479 e. The molecule has 0 saturated heterocycles. The van der Waals surface area contributed by atoms with E-state index in [1.807, 2.05) is 67.6 Å². The summed E-state index contributed by atoms with van der Waals surface area (Å²) in [5, 5.41) is 0. The fraction of sp³-hybridized carbons (Fsp3) is 0.250. The molecule has 0 spiro atoms. The number of hydrogen-bond donors (Lipinski definition) is 0. The van der Waals surface area contributed by atoms with Crippen LogP contribution >= 0.6 is 11.3 Å². The summed E-state index contributed by atoms with van der Waals surface area (Å²) in [4.78, 5) is 29.2. The van der Waals surface area contributed by atoms with E-state index in [4.69, 9.17) is 4.74 Å².